The fourth-order valence-corrected chi connectivity index (χ4v) is 2.22. The maximum absolute atomic E-state index is 11.3. The average Bonchev–Trinajstić information content (AvgIpc) is 2.36. The number of methoxy groups -OCH3 is 1. The number of amides is 1. The van der Waals surface area contributed by atoms with Gasteiger partial charge in [-0.05, 0) is 37.3 Å². The van der Waals surface area contributed by atoms with Crippen LogP contribution in [0.3, 0.4) is 0 Å². The molecule has 0 saturated carbocycles. The first-order valence-electron chi connectivity index (χ1n) is 6.04. The first kappa shape index (κ1) is 14.0. The molecule has 0 radical (unpaired) electrons. The Bertz CT molecular complexity index is 283. The van der Waals surface area contributed by atoms with E-state index in [1.54, 1.807) is 0 Å². The Morgan fingerprint density at radius 3 is 2.47 bits per heavy atom. The number of carbonyl (C=O) groups excluding carboxylic acids is 2. The molecule has 1 aliphatic rings. The van der Waals surface area contributed by atoms with Crippen molar-refractivity contribution in [3.8, 4) is 0 Å². The summed E-state index contributed by atoms with van der Waals surface area (Å²) in [7, 11) is 1.21. The number of esters is 1. The lowest BCUT2D eigenvalue weighted by molar-refractivity contribution is -0.153. The summed E-state index contributed by atoms with van der Waals surface area (Å²) in [6, 6.07) is 0. The highest BCUT2D eigenvalue weighted by Crippen LogP contribution is 2.32. The van der Waals surface area contributed by atoms with Crippen LogP contribution < -0.4 is 10.6 Å². The van der Waals surface area contributed by atoms with Crippen LogP contribution >= 0.6 is 0 Å². The van der Waals surface area contributed by atoms with Crippen molar-refractivity contribution in [3.05, 3.63) is 0 Å². The predicted molar refractivity (Wildman–Crippen MR) is 64.4 cm³/mol. The molecule has 1 fully saturated rings. The van der Waals surface area contributed by atoms with Crippen LogP contribution in [0.1, 0.15) is 26.7 Å². The normalized spacial score (nSPS) is 17.6. The molecule has 1 aliphatic heterocycles. The topological polar surface area (TPSA) is 67.4 Å². The second-order valence-corrected chi connectivity index (χ2v) is 5.19. The Balaban J connectivity index is 2.42. The number of carbonyl (C=O) groups is 2. The zero-order valence-electron chi connectivity index (χ0n) is 10.8. The molecule has 0 aromatic heterocycles. The zero-order valence-corrected chi connectivity index (χ0v) is 10.8. The number of hydrogen-bond acceptors (Lipinski definition) is 4. The third-order valence-corrected chi connectivity index (χ3v) is 3.52. The fraction of sp³-hybridized carbons (Fsp3) is 0.833. The Morgan fingerprint density at radius 1 is 1.35 bits per heavy atom. The third kappa shape index (κ3) is 4.00. The van der Waals surface area contributed by atoms with Gasteiger partial charge in [0, 0.05) is 6.54 Å². The molecule has 98 valence electrons. The van der Waals surface area contributed by atoms with Crippen LogP contribution in [0.4, 0.5) is 0 Å². The van der Waals surface area contributed by atoms with Crippen LogP contribution in [0, 0.1) is 11.3 Å². The number of nitrogens with one attached hydrogen (secondary N) is 2. The first-order valence-corrected chi connectivity index (χ1v) is 6.04. The zero-order chi connectivity index (χ0) is 12.9. The molecule has 0 aromatic rings. The van der Waals surface area contributed by atoms with E-state index < -0.39 is 11.9 Å². The van der Waals surface area contributed by atoms with Crippen LogP contribution in [0.25, 0.3) is 0 Å². The molecule has 1 rings (SSSR count). The second-order valence-electron chi connectivity index (χ2n) is 5.19. The van der Waals surface area contributed by atoms with Crippen LogP contribution in [0.15, 0.2) is 0 Å². The van der Waals surface area contributed by atoms with Gasteiger partial charge in [-0.2, -0.15) is 0 Å². The van der Waals surface area contributed by atoms with Crippen molar-refractivity contribution in [1.82, 2.24) is 10.6 Å². The highest BCUT2D eigenvalue weighted by atomic mass is 16.5. The van der Waals surface area contributed by atoms with Crippen molar-refractivity contribution >= 4 is 11.9 Å². The number of hydrogen-bond donors (Lipinski definition) is 2. The molecule has 0 spiro atoms. The molecule has 0 unspecified atom stereocenters. The Morgan fingerprint density at radius 2 is 1.94 bits per heavy atom. The van der Waals surface area contributed by atoms with Gasteiger partial charge in [0.1, 0.15) is 0 Å². The minimum Gasteiger partial charge on any atom is -0.462 e. The van der Waals surface area contributed by atoms with Crippen molar-refractivity contribution in [1.29, 1.82) is 0 Å². The summed E-state index contributed by atoms with van der Waals surface area (Å²) < 4.78 is 4.36. The van der Waals surface area contributed by atoms with Gasteiger partial charge in [-0.15, -0.1) is 0 Å². The molecule has 1 heterocycles. The largest absolute Gasteiger partial charge is 0.462 e. The SMILES string of the molecule is COC(=O)C(=O)NCC(C)(C)C1CCNCC1. The molecular formula is C12H22N2O3. The lowest BCUT2D eigenvalue weighted by Crippen LogP contribution is -2.44. The standard InChI is InChI=1S/C12H22N2O3/c1-12(2,9-4-6-13-7-5-9)8-14-10(15)11(16)17-3/h9,13H,4-8H2,1-3H3,(H,14,15). The van der Waals surface area contributed by atoms with Gasteiger partial charge >= 0.3 is 11.9 Å². The fourth-order valence-electron chi connectivity index (χ4n) is 2.22. The molecule has 1 saturated heterocycles. The van der Waals surface area contributed by atoms with E-state index in [1.807, 2.05) is 0 Å². The molecule has 0 bridgehead atoms. The van der Waals surface area contributed by atoms with Gasteiger partial charge in [0.15, 0.2) is 0 Å². The number of ether oxygens (including phenoxy) is 1. The van der Waals surface area contributed by atoms with E-state index in [1.165, 1.54) is 7.11 Å². The molecule has 0 atom stereocenters. The third-order valence-electron chi connectivity index (χ3n) is 3.52. The van der Waals surface area contributed by atoms with E-state index in [4.69, 9.17) is 0 Å². The minimum absolute atomic E-state index is 0.00574. The summed E-state index contributed by atoms with van der Waals surface area (Å²) in [5.41, 5.74) is 0.00574. The summed E-state index contributed by atoms with van der Waals surface area (Å²) in [5, 5.41) is 5.95. The van der Waals surface area contributed by atoms with Gasteiger partial charge in [-0.25, -0.2) is 4.79 Å². The Labute approximate surface area is 102 Å². The van der Waals surface area contributed by atoms with Crippen molar-refractivity contribution in [2.45, 2.75) is 26.7 Å². The van der Waals surface area contributed by atoms with Gasteiger partial charge in [0.2, 0.25) is 0 Å². The Kier molecular flexibility index (Phi) is 4.93. The van der Waals surface area contributed by atoms with Crippen LogP contribution in [-0.4, -0.2) is 38.6 Å². The van der Waals surface area contributed by atoms with E-state index in [0.29, 0.717) is 12.5 Å². The van der Waals surface area contributed by atoms with Gasteiger partial charge in [-0.3, -0.25) is 4.79 Å². The highest BCUT2D eigenvalue weighted by Gasteiger charge is 2.31. The van der Waals surface area contributed by atoms with E-state index in [-0.39, 0.29) is 5.41 Å². The highest BCUT2D eigenvalue weighted by molar-refractivity contribution is 6.32. The number of piperidine rings is 1. The summed E-state index contributed by atoms with van der Waals surface area (Å²) >= 11 is 0. The second kappa shape index (κ2) is 6.00. The molecule has 2 N–H and O–H groups in total. The van der Waals surface area contributed by atoms with Gasteiger partial charge < -0.3 is 15.4 Å². The van der Waals surface area contributed by atoms with Crippen molar-refractivity contribution in [3.63, 3.8) is 0 Å². The van der Waals surface area contributed by atoms with Gasteiger partial charge in [0.25, 0.3) is 0 Å². The Hall–Kier alpha value is -1.10. The smallest absolute Gasteiger partial charge is 0.396 e. The maximum atomic E-state index is 11.3. The van der Waals surface area contributed by atoms with Crippen molar-refractivity contribution < 1.29 is 14.3 Å². The summed E-state index contributed by atoms with van der Waals surface area (Å²) in [4.78, 5) is 22.3. The predicted octanol–water partition coefficient (Wildman–Crippen LogP) is 0.301. The summed E-state index contributed by atoms with van der Waals surface area (Å²) in [6.07, 6.45) is 2.22. The monoisotopic (exact) mass is 242 g/mol. The van der Waals surface area contributed by atoms with Crippen LogP contribution in [0.5, 0.6) is 0 Å². The summed E-state index contributed by atoms with van der Waals surface area (Å²) in [6.45, 7) is 6.81. The van der Waals surface area contributed by atoms with Gasteiger partial charge in [-0.1, -0.05) is 13.8 Å². The molecule has 0 aliphatic carbocycles. The number of rotatable bonds is 3. The van der Waals surface area contributed by atoms with E-state index in [0.717, 1.165) is 25.9 Å². The van der Waals surface area contributed by atoms with Crippen LogP contribution in [-0.2, 0) is 14.3 Å². The summed E-state index contributed by atoms with van der Waals surface area (Å²) in [5.74, 6) is -0.915. The molecule has 1 amide bonds. The maximum Gasteiger partial charge on any atom is 0.396 e. The van der Waals surface area contributed by atoms with E-state index in [9.17, 15) is 9.59 Å². The van der Waals surface area contributed by atoms with Crippen LogP contribution in [0.2, 0.25) is 0 Å². The molecule has 5 nitrogen and oxygen atoms in total. The van der Waals surface area contributed by atoms with E-state index >= 15 is 0 Å². The van der Waals surface area contributed by atoms with Crippen molar-refractivity contribution in [2.75, 3.05) is 26.7 Å². The molecular weight excluding hydrogens is 220 g/mol. The quantitative estimate of drug-likeness (QED) is 0.552. The average molecular weight is 242 g/mol. The first-order chi connectivity index (χ1) is 7.97. The molecule has 17 heavy (non-hydrogen) atoms. The lowest BCUT2D eigenvalue weighted by Gasteiger charge is -2.37. The van der Waals surface area contributed by atoms with Gasteiger partial charge in [0.05, 0.1) is 7.11 Å². The molecule has 5 heteroatoms. The minimum atomic E-state index is -0.828. The van der Waals surface area contributed by atoms with E-state index in [2.05, 4.69) is 29.2 Å². The lowest BCUT2D eigenvalue weighted by atomic mass is 9.74. The molecule has 0 aromatic carbocycles. The van der Waals surface area contributed by atoms with Crippen molar-refractivity contribution in [2.24, 2.45) is 11.3 Å².